The minimum Gasteiger partial charge on any atom is -0.480 e. The van der Waals surface area contributed by atoms with Crippen LogP contribution in [-0.4, -0.2) is 37.5 Å². The van der Waals surface area contributed by atoms with Crippen LogP contribution < -0.4 is 5.56 Å². The van der Waals surface area contributed by atoms with Gasteiger partial charge in [-0.05, 0) is 23.3 Å². The van der Waals surface area contributed by atoms with E-state index in [2.05, 4.69) is 4.98 Å². The van der Waals surface area contributed by atoms with Crippen molar-refractivity contribution in [3.8, 4) is 0 Å². The summed E-state index contributed by atoms with van der Waals surface area (Å²) in [6.45, 7) is 0.414. The van der Waals surface area contributed by atoms with Crippen molar-refractivity contribution < 1.29 is 14.7 Å². The van der Waals surface area contributed by atoms with Gasteiger partial charge in [-0.15, -0.1) is 0 Å². The lowest BCUT2D eigenvalue weighted by molar-refractivity contribution is -0.151. The number of nitrogens with zero attached hydrogens (tertiary/aromatic N) is 3. The maximum Gasteiger partial charge on any atom is 0.326 e. The van der Waals surface area contributed by atoms with E-state index < -0.39 is 12.0 Å². The molecule has 1 N–H and O–H groups in total. The molecule has 1 atom stereocenters. The maximum absolute atomic E-state index is 12.8. The highest BCUT2D eigenvalue weighted by Crippen LogP contribution is 2.24. The molecule has 1 amide bonds. The van der Waals surface area contributed by atoms with Crippen LogP contribution in [0.3, 0.4) is 0 Å². The summed E-state index contributed by atoms with van der Waals surface area (Å²) < 4.78 is 1.40. The van der Waals surface area contributed by atoms with Gasteiger partial charge in [-0.2, -0.15) is 0 Å². The van der Waals surface area contributed by atoms with Crippen LogP contribution in [0.25, 0.3) is 10.9 Å². The first-order valence-corrected chi connectivity index (χ1v) is 9.08. The summed E-state index contributed by atoms with van der Waals surface area (Å²) in [5, 5.41) is 10.1. The number of para-hydroxylation sites is 1. The molecule has 0 unspecified atom stereocenters. The summed E-state index contributed by atoms with van der Waals surface area (Å²) in [5.74, 6) is -1.31. The van der Waals surface area contributed by atoms with Crippen molar-refractivity contribution in [2.75, 3.05) is 0 Å². The molecule has 0 spiro atoms. The SMILES string of the molecule is O=C(O)[C@@H]1Cc2ccccc2CN1C(=O)CCn1cnc2ccccc2c1=O. The summed E-state index contributed by atoms with van der Waals surface area (Å²) in [6, 6.07) is 13.7. The van der Waals surface area contributed by atoms with Gasteiger partial charge in [0.05, 0.1) is 17.2 Å². The first kappa shape index (κ1) is 17.9. The van der Waals surface area contributed by atoms with E-state index in [0.717, 1.165) is 11.1 Å². The Labute approximate surface area is 160 Å². The quantitative estimate of drug-likeness (QED) is 0.749. The average Bonchev–Trinajstić information content (AvgIpc) is 2.72. The number of aromatic nitrogens is 2. The molecular weight excluding hydrogens is 358 g/mol. The molecule has 0 radical (unpaired) electrons. The lowest BCUT2D eigenvalue weighted by Crippen LogP contribution is -2.48. The third-order valence-electron chi connectivity index (χ3n) is 5.15. The molecule has 7 nitrogen and oxygen atoms in total. The molecule has 0 bridgehead atoms. The van der Waals surface area contributed by atoms with E-state index in [4.69, 9.17) is 0 Å². The topological polar surface area (TPSA) is 92.5 Å². The molecule has 0 fully saturated rings. The van der Waals surface area contributed by atoms with Crippen molar-refractivity contribution in [3.05, 3.63) is 76.3 Å². The largest absolute Gasteiger partial charge is 0.480 e. The number of hydrogen-bond acceptors (Lipinski definition) is 4. The highest BCUT2D eigenvalue weighted by atomic mass is 16.4. The van der Waals surface area contributed by atoms with Crippen LogP contribution in [0, 0.1) is 0 Å². The Balaban J connectivity index is 1.54. The Morgan fingerprint density at radius 2 is 1.79 bits per heavy atom. The molecule has 1 aliphatic heterocycles. The predicted molar refractivity (Wildman–Crippen MR) is 103 cm³/mol. The summed E-state index contributed by atoms with van der Waals surface area (Å²) >= 11 is 0. The van der Waals surface area contributed by atoms with E-state index in [1.165, 1.54) is 15.8 Å². The first-order valence-electron chi connectivity index (χ1n) is 9.08. The fourth-order valence-electron chi connectivity index (χ4n) is 3.63. The number of aryl methyl sites for hydroxylation is 1. The van der Waals surface area contributed by atoms with Crippen molar-refractivity contribution in [2.24, 2.45) is 0 Å². The van der Waals surface area contributed by atoms with Crippen molar-refractivity contribution in [1.29, 1.82) is 0 Å². The van der Waals surface area contributed by atoms with Crippen molar-refractivity contribution >= 4 is 22.8 Å². The monoisotopic (exact) mass is 377 g/mol. The molecule has 1 aliphatic rings. The predicted octanol–water partition coefficient (Wildman–Crippen LogP) is 1.82. The van der Waals surface area contributed by atoms with Crippen molar-refractivity contribution in [3.63, 3.8) is 0 Å². The third kappa shape index (κ3) is 3.26. The summed E-state index contributed by atoms with van der Waals surface area (Å²) in [7, 11) is 0. The minimum atomic E-state index is -1.02. The van der Waals surface area contributed by atoms with Crippen LogP contribution >= 0.6 is 0 Å². The van der Waals surface area contributed by atoms with Gasteiger partial charge in [-0.1, -0.05) is 36.4 Å². The summed E-state index contributed by atoms with van der Waals surface area (Å²) in [6.07, 6.45) is 1.75. The molecule has 142 valence electrons. The zero-order chi connectivity index (χ0) is 19.7. The normalized spacial score (nSPS) is 16.0. The number of benzene rings is 2. The fraction of sp³-hybridized carbons (Fsp3) is 0.238. The summed E-state index contributed by atoms with van der Waals surface area (Å²) in [5.41, 5.74) is 2.30. The van der Waals surface area contributed by atoms with E-state index in [1.54, 1.807) is 18.2 Å². The van der Waals surface area contributed by atoms with Gasteiger partial charge in [0.1, 0.15) is 6.04 Å². The molecule has 3 aromatic rings. The van der Waals surface area contributed by atoms with Gasteiger partial charge in [-0.25, -0.2) is 9.78 Å². The van der Waals surface area contributed by atoms with Gasteiger partial charge in [-0.3, -0.25) is 14.2 Å². The molecule has 4 rings (SSSR count). The first-order chi connectivity index (χ1) is 13.5. The number of fused-ring (bicyclic) bond motifs is 2. The van der Waals surface area contributed by atoms with Gasteiger partial charge >= 0.3 is 5.97 Å². The molecule has 7 heteroatoms. The Morgan fingerprint density at radius 3 is 2.57 bits per heavy atom. The fourth-order valence-corrected chi connectivity index (χ4v) is 3.63. The number of rotatable bonds is 4. The molecule has 0 saturated heterocycles. The maximum atomic E-state index is 12.8. The molecule has 2 aromatic carbocycles. The Bertz CT molecular complexity index is 1120. The molecule has 28 heavy (non-hydrogen) atoms. The number of carboxylic acid groups (broad SMARTS) is 1. The number of aliphatic carboxylic acids is 1. The Hall–Kier alpha value is -3.48. The van der Waals surface area contributed by atoms with Gasteiger partial charge < -0.3 is 10.0 Å². The summed E-state index contributed by atoms with van der Waals surface area (Å²) in [4.78, 5) is 42.7. The number of carboxylic acids is 1. The average molecular weight is 377 g/mol. The van der Waals surface area contributed by atoms with Gasteiger partial charge in [0.15, 0.2) is 0 Å². The zero-order valence-corrected chi connectivity index (χ0v) is 15.1. The Morgan fingerprint density at radius 1 is 1.07 bits per heavy atom. The van der Waals surface area contributed by atoms with Crippen molar-refractivity contribution in [1.82, 2.24) is 14.5 Å². The van der Waals surface area contributed by atoms with Crippen LogP contribution in [0.1, 0.15) is 17.5 Å². The number of carbonyl (C=O) groups is 2. The molecule has 1 aromatic heterocycles. The zero-order valence-electron chi connectivity index (χ0n) is 15.1. The molecule has 2 heterocycles. The van der Waals surface area contributed by atoms with Crippen LogP contribution in [0.15, 0.2) is 59.7 Å². The Kier molecular flexibility index (Phi) is 4.65. The van der Waals surface area contributed by atoms with Gasteiger partial charge in [0.25, 0.3) is 5.56 Å². The van der Waals surface area contributed by atoms with Crippen LogP contribution in [0.5, 0.6) is 0 Å². The second-order valence-electron chi connectivity index (χ2n) is 6.86. The molecule has 0 aliphatic carbocycles. The lowest BCUT2D eigenvalue weighted by Gasteiger charge is -2.34. The van der Waals surface area contributed by atoms with E-state index >= 15 is 0 Å². The van der Waals surface area contributed by atoms with Crippen LogP contribution in [0.2, 0.25) is 0 Å². The second kappa shape index (κ2) is 7.26. The second-order valence-corrected chi connectivity index (χ2v) is 6.86. The third-order valence-corrected chi connectivity index (χ3v) is 5.15. The number of amides is 1. The van der Waals surface area contributed by atoms with Crippen LogP contribution in [-0.2, 0) is 29.1 Å². The number of carbonyl (C=O) groups excluding carboxylic acids is 1. The molecule has 0 saturated carbocycles. The van der Waals surface area contributed by atoms with E-state index in [9.17, 15) is 19.5 Å². The highest BCUT2D eigenvalue weighted by molar-refractivity contribution is 5.84. The van der Waals surface area contributed by atoms with Gasteiger partial charge in [0, 0.05) is 25.9 Å². The van der Waals surface area contributed by atoms with Crippen LogP contribution in [0.4, 0.5) is 0 Å². The highest BCUT2D eigenvalue weighted by Gasteiger charge is 2.34. The minimum absolute atomic E-state index is 0.0336. The smallest absolute Gasteiger partial charge is 0.326 e. The molecular formula is C21H19N3O4. The van der Waals surface area contributed by atoms with Gasteiger partial charge in [0.2, 0.25) is 5.91 Å². The van der Waals surface area contributed by atoms with Crippen molar-refractivity contribution in [2.45, 2.75) is 32.0 Å². The number of hydrogen-bond donors (Lipinski definition) is 1. The van der Waals surface area contributed by atoms with E-state index in [-0.39, 0.29) is 37.4 Å². The van der Waals surface area contributed by atoms with E-state index in [0.29, 0.717) is 10.9 Å². The standard InChI is InChI=1S/C21H19N3O4/c25-19(9-10-23-13-22-17-8-4-3-7-16(17)20(23)26)24-12-15-6-2-1-5-14(15)11-18(24)21(27)28/h1-8,13,18H,9-12H2,(H,27,28)/t18-/m0/s1. The van der Waals surface area contributed by atoms with E-state index in [1.807, 2.05) is 30.3 Å². The lowest BCUT2D eigenvalue weighted by atomic mass is 9.93.